The van der Waals surface area contributed by atoms with Crippen molar-refractivity contribution in [2.24, 2.45) is 11.8 Å². The summed E-state index contributed by atoms with van der Waals surface area (Å²) in [5.74, 6) is -8.35. The van der Waals surface area contributed by atoms with Crippen LogP contribution in [-0.4, -0.2) is 93.6 Å². The molecular weight excluding hydrogens is 559 g/mol. The third-order valence-corrected chi connectivity index (χ3v) is 9.65. The van der Waals surface area contributed by atoms with Gasteiger partial charge >= 0.3 is 6.18 Å². The Kier molecular flexibility index (Phi) is 7.02. The summed E-state index contributed by atoms with van der Waals surface area (Å²) in [4.78, 5) is 43.1. The van der Waals surface area contributed by atoms with Gasteiger partial charge in [-0.15, -0.1) is 0 Å². The highest BCUT2D eigenvalue weighted by molar-refractivity contribution is 6.24. The van der Waals surface area contributed by atoms with Crippen molar-refractivity contribution in [3.05, 3.63) is 45.2 Å². The molecule has 3 aliphatic carbocycles. The number of likely N-dealkylation sites (N-methyl/N-ethyl adjacent to an activating group) is 2. The molecule has 0 spiro atoms. The summed E-state index contributed by atoms with van der Waals surface area (Å²) in [5, 5.41) is 47.4. The van der Waals surface area contributed by atoms with Crippen LogP contribution in [0.5, 0.6) is 5.75 Å². The van der Waals surface area contributed by atoms with Crippen molar-refractivity contribution in [2.75, 3.05) is 28.2 Å². The number of fused-ring (bicyclic) bond motifs is 3. The molecule has 2 unspecified atom stereocenters. The number of benzene rings is 1. The number of Topliss-reactive ketones (excluding diaryl/α,β-unsaturated/α-hetero) is 2. The minimum atomic E-state index is -4.87. The average molecular weight is 594 g/mol. The number of carbonyl (C=O) groups excluding carboxylic acids is 3. The number of aliphatic hydroxyl groups excluding tert-OH is 2. The van der Waals surface area contributed by atoms with Gasteiger partial charge in [0.05, 0.1) is 17.2 Å². The van der Waals surface area contributed by atoms with Crippen LogP contribution in [0.4, 0.5) is 13.2 Å². The summed E-state index contributed by atoms with van der Waals surface area (Å²) in [5.41, 5.74) is -6.17. The number of aromatic hydroxyl groups is 1. The second-order valence-corrected chi connectivity index (χ2v) is 12.0. The Morgan fingerprint density at radius 3 is 2.33 bits per heavy atom. The lowest BCUT2D eigenvalue weighted by Crippen LogP contribution is -2.65. The first-order valence-corrected chi connectivity index (χ1v) is 13.7. The molecule has 1 amide bonds. The Balaban J connectivity index is 1.75. The van der Waals surface area contributed by atoms with Crippen LogP contribution in [0.15, 0.2) is 23.0 Å². The predicted octanol–water partition coefficient (Wildman–Crippen LogP) is 2.40. The average Bonchev–Trinajstić information content (AvgIpc) is 3.22. The Morgan fingerprint density at radius 2 is 1.81 bits per heavy atom. The molecule has 1 aromatic carbocycles. The first kappa shape index (κ1) is 30.1. The van der Waals surface area contributed by atoms with E-state index in [0.29, 0.717) is 12.8 Å². The number of alkyl halides is 3. The number of phenols is 1. The molecule has 1 aliphatic heterocycles. The van der Waals surface area contributed by atoms with Crippen LogP contribution in [-0.2, 0) is 27.0 Å². The SMILES string of the molecule is CNC(=O)C1=C(O)[C@@]2(O)C(=O)C3=C(O)c4c(O)cc(C5CCC(C)N5C)c(C(F)(F)F)c4C[C@H]3C[C@H]2[C@H](N(C)C)C1=O. The van der Waals surface area contributed by atoms with Gasteiger partial charge in [-0.3, -0.25) is 24.2 Å². The molecule has 5 rings (SSSR count). The normalized spacial score (nSPS) is 31.8. The second kappa shape index (κ2) is 9.81. The van der Waals surface area contributed by atoms with Crippen LogP contribution in [0.3, 0.4) is 0 Å². The van der Waals surface area contributed by atoms with Gasteiger partial charge in [-0.25, -0.2) is 0 Å². The highest BCUT2D eigenvalue weighted by Gasteiger charge is 2.64. The number of carbonyl (C=O) groups is 3. The highest BCUT2D eigenvalue weighted by Crippen LogP contribution is 2.55. The molecule has 228 valence electrons. The Hall–Kier alpha value is -3.42. The van der Waals surface area contributed by atoms with Gasteiger partial charge in [0, 0.05) is 30.6 Å². The Labute approximate surface area is 240 Å². The van der Waals surface area contributed by atoms with E-state index >= 15 is 0 Å². The maximum atomic E-state index is 14.8. The number of halogens is 3. The van der Waals surface area contributed by atoms with Crippen LogP contribution >= 0.6 is 0 Å². The number of amides is 1. The number of ketones is 2. The number of hydrogen-bond donors (Lipinski definition) is 5. The molecule has 13 heteroatoms. The zero-order valence-corrected chi connectivity index (χ0v) is 23.8. The molecule has 1 saturated carbocycles. The van der Waals surface area contributed by atoms with E-state index in [1.54, 1.807) is 11.9 Å². The number of hydrogen-bond acceptors (Lipinski definition) is 9. The van der Waals surface area contributed by atoms with E-state index in [2.05, 4.69) is 5.32 Å². The van der Waals surface area contributed by atoms with E-state index in [0.717, 1.165) is 6.07 Å². The summed E-state index contributed by atoms with van der Waals surface area (Å²) in [7, 11) is 5.85. The largest absolute Gasteiger partial charge is 0.508 e. The first-order valence-electron chi connectivity index (χ1n) is 13.7. The highest BCUT2D eigenvalue weighted by atomic mass is 19.4. The summed E-state index contributed by atoms with van der Waals surface area (Å²) in [6.45, 7) is 1.90. The molecule has 4 aliphatic rings. The fourth-order valence-corrected chi connectivity index (χ4v) is 7.54. The van der Waals surface area contributed by atoms with E-state index in [1.165, 1.54) is 26.0 Å². The van der Waals surface area contributed by atoms with Crippen molar-refractivity contribution in [1.82, 2.24) is 15.1 Å². The lowest BCUT2D eigenvalue weighted by atomic mass is 9.57. The van der Waals surface area contributed by atoms with Crippen LogP contribution < -0.4 is 5.32 Å². The van der Waals surface area contributed by atoms with E-state index in [4.69, 9.17) is 0 Å². The quantitative estimate of drug-likeness (QED) is 0.333. The molecule has 1 heterocycles. The number of rotatable bonds is 3. The lowest BCUT2D eigenvalue weighted by molar-refractivity contribution is -0.153. The number of nitrogens with one attached hydrogen (secondary N) is 1. The lowest BCUT2D eigenvalue weighted by Gasteiger charge is -2.50. The first-order chi connectivity index (χ1) is 19.5. The van der Waals surface area contributed by atoms with Gasteiger partial charge in [-0.1, -0.05) is 0 Å². The van der Waals surface area contributed by atoms with Crippen LogP contribution in [0.25, 0.3) is 5.76 Å². The molecule has 0 radical (unpaired) electrons. The molecular formula is C29H34F3N3O7. The zero-order valence-electron chi connectivity index (χ0n) is 23.8. The Morgan fingerprint density at radius 1 is 1.17 bits per heavy atom. The molecule has 10 nitrogen and oxygen atoms in total. The van der Waals surface area contributed by atoms with Crippen LogP contribution in [0.2, 0.25) is 0 Å². The van der Waals surface area contributed by atoms with E-state index in [1.807, 2.05) is 6.92 Å². The molecule has 2 fully saturated rings. The predicted molar refractivity (Wildman–Crippen MR) is 143 cm³/mol. The number of phenolic OH excluding ortho intramolecular Hbond substituents is 1. The molecule has 0 aromatic heterocycles. The molecule has 42 heavy (non-hydrogen) atoms. The van der Waals surface area contributed by atoms with Gasteiger partial charge in [0.15, 0.2) is 11.4 Å². The number of aliphatic hydroxyl groups is 3. The topological polar surface area (TPSA) is 151 Å². The summed E-state index contributed by atoms with van der Waals surface area (Å²) < 4.78 is 44.4. The fourth-order valence-electron chi connectivity index (χ4n) is 7.54. The third kappa shape index (κ3) is 4.00. The standard InChI is InChI=1S/C29H34F3N3O7/c1-11-6-7-16(35(11)5)13-10-17(36)19-14(21(13)29(30,31)32)8-12-9-15-22(34(3)4)24(38)20(27(41)33-2)26(40)28(15,42)25(39)18(12)23(19)37/h10-12,15-16,22,36-37,40,42H,6-9H2,1-5H3,(H,33,41)/t11?,12-,15-,16?,22-,28-/m0/s1. The summed E-state index contributed by atoms with van der Waals surface area (Å²) in [6, 6.07) is -0.944. The van der Waals surface area contributed by atoms with Crippen molar-refractivity contribution >= 4 is 23.2 Å². The minimum Gasteiger partial charge on any atom is -0.508 e. The molecule has 0 bridgehead atoms. The summed E-state index contributed by atoms with van der Waals surface area (Å²) in [6.07, 6.45) is -4.49. The summed E-state index contributed by atoms with van der Waals surface area (Å²) >= 11 is 0. The maximum absolute atomic E-state index is 14.8. The third-order valence-electron chi connectivity index (χ3n) is 9.65. The number of likely N-dealkylation sites (tertiary alicyclic amines) is 1. The molecule has 6 atom stereocenters. The van der Waals surface area contributed by atoms with Crippen molar-refractivity contribution in [1.29, 1.82) is 0 Å². The van der Waals surface area contributed by atoms with Gasteiger partial charge in [-0.2, -0.15) is 13.2 Å². The van der Waals surface area contributed by atoms with Crippen molar-refractivity contribution in [2.45, 2.75) is 62.5 Å². The zero-order chi connectivity index (χ0) is 31.2. The Bertz CT molecular complexity index is 1470. The smallest absolute Gasteiger partial charge is 0.417 e. The van der Waals surface area contributed by atoms with Crippen molar-refractivity contribution < 1.29 is 48.0 Å². The van der Waals surface area contributed by atoms with Crippen molar-refractivity contribution in [3.8, 4) is 5.75 Å². The van der Waals surface area contributed by atoms with Gasteiger partial charge in [0.1, 0.15) is 22.8 Å². The van der Waals surface area contributed by atoms with E-state index < -0.39 is 99.1 Å². The second-order valence-electron chi connectivity index (χ2n) is 12.0. The van der Waals surface area contributed by atoms with Gasteiger partial charge in [0.2, 0.25) is 5.78 Å². The monoisotopic (exact) mass is 593 g/mol. The molecule has 1 aromatic rings. The van der Waals surface area contributed by atoms with Gasteiger partial charge < -0.3 is 25.7 Å². The molecule has 5 N–H and O–H groups in total. The van der Waals surface area contributed by atoms with Gasteiger partial charge in [0.25, 0.3) is 5.91 Å². The fraction of sp³-hybridized carbons (Fsp3) is 0.552. The number of nitrogens with zero attached hydrogens (tertiary/aromatic N) is 2. The van der Waals surface area contributed by atoms with Crippen LogP contribution in [0, 0.1) is 11.8 Å². The molecule has 1 saturated heterocycles. The van der Waals surface area contributed by atoms with E-state index in [9.17, 15) is 48.0 Å². The van der Waals surface area contributed by atoms with E-state index in [-0.39, 0.29) is 23.6 Å². The maximum Gasteiger partial charge on any atom is 0.417 e. The van der Waals surface area contributed by atoms with Gasteiger partial charge in [-0.05, 0) is 76.9 Å². The minimum absolute atomic E-state index is 0.00928. The van der Waals surface area contributed by atoms with Crippen molar-refractivity contribution in [3.63, 3.8) is 0 Å². The van der Waals surface area contributed by atoms with Crippen LogP contribution in [0.1, 0.15) is 54.5 Å².